The molecule has 28 heavy (non-hydrogen) atoms. The van der Waals surface area contributed by atoms with Crippen molar-refractivity contribution in [1.82, 2.24) is 14.7 Å². The fourth-order valence-corrected chi connectivity index (χ4v) is 4.18. The molecule has 1 aromatic rings. The van der Waals surface area contributed by atoms with E-state index in [2.05, 4.69) is 18.7 Å². The molecule has 1 aromatic carbocycles. The van der Waals surface area contributed by atoms with E-state index in [1.54, 1.807) is 4.90 Å². The van der Waals surface area contributed by atoms with E-state index in [9.17, 15) is 19.7 Å². The van der Waals surface area contributed by atoms with E-state index < -0.39 is 4.92 Å². The van der Waals surface area contributed by atoms with E-state index in [1.807, 2.05) is 4.90 Å². The Bertz CT molecular complexity index is 718. The third kappa shape index (κ3) is 4.86. The molecule has 2 aliphatic rings. The first-order valence-corrected chi connectivity index (χ1v) is 9.87. The minimum Gasteiger partial charge on any atom is -0.341 e. The van der Waals surface area contributed by atoms with Crippen molar-refractivity contribution >= 4 is 17.5 Å². The predicted octanol–water partition coefficient (Wildman–Crippen LogP) is 1.86. The Hall–Kier alpha value is -2.48. The van der Waals surface area contributed by atoms with Crippen molar-refractivity contribution < 1.29 is 14.5 Å². The zero-order valence-corrected chi connectivity index (χ0v) is 16.5. The van der Waals surface area contributed by atoms with Gasteiger partial charge in [0.05, 0.1) is 11.5 Å². The molecule has 0 radical (unpaired) electrons. The van der Waals surface area contributed by atoms with Gasteiger partial charge in [-0.2, -0.15) is 0 Å². The van der Waals surface area contributed by atoms with Gasteiger partial charge in [0.2, 0.25) is 5.91 Å². The highest BCUT2D eigenvalue weighted by Gasteiger charge is 2.28. The lowest BCUT2D eigenvalue weighted by atomic mass is 9.92. The number of nitro benzene ring substituents is 1. The van der Waals surface area contributed by atoms with Crippen LogP contribution in [0, 0.1) is 22.0 Å². The number of likely N-dealkylation sites (tertiary alicyclic amines) is 1. The van der Waals surface area contributed by atoms with Gasteiger partial charge in [0.15, 0.2) is 0 Å². The van der Waals surface area contributed by atoms with Crippen molar-refractivity contribution in [1.29, 1.82) is 0 Å². The van der Waals surface area contributed by atoms with E-state index in [0.717, 1.165) is 13.1 Å². The molecule has 2 aliphatic heterocycles. The van der Waals surface area contributed by atoms with Gasteiger partial charge < -0.3 is 9.80 Å². The first kappa shape index (κ1) is 20.3. The zero-order chi connectivity index (χ0) is 20.3. The second-order valence-electron chi connectivity index (χ2n) is 8.12. The summed E-state index contributed by atoms with van der Waals surface area (Å²) in [6.45, 7) is 8.87. The molecular weight excluding hydrogens is 360 g/mol. The van der Waals surface area contributed by atoms with Gasteiger partial charge in [0.1, 0.15) is 0 Å². The molecule has 2 amide bonds. The summed E-state index contributed by atoms with van der Waals surface area (Å²) in [5.41, 5.74) is 0.424. The number of nitro groups is 1. The third-order valence-electron chi connectivity index (χ3n) is 5.57. The molecule has 2 heterocycles. The van der Waals surface area contributed by atoms with Crippen molar-refractivity contribution in [2.24, 2.45) is 11.8 Å². The molecule has 2 atom stereocenters. The van der Waals surface area contributed by atoms with E-state index in [-0.39, 0.29) is 17.5 Å². The molecule has 8 heteroatoms. The van der Waals surface area contributed by atoms with Gasteiger partial charge in [-0.15, -0.1) is 0 Å². The Labute approximate surface area is 165 Å². The summed E-state index contributed by atoms with van der Waals surface area (Å²) < 4.78 is 0. The Balaban J connectivity index is 1.49. The highest BCUT2D eigenvalue weighted by molar-refractivity contribution is 5.94. The summed E-state index contributed by atoms with van der Waals surface area (Å²) >= 11 is 0. The molecule has 2 fully saturated rings. The van der Waals surface area contributed by atoms with Gasteiger partial charge in [-0.1, -0.05) is 13.8 Å². The summed E-state index contributed by atoms with van der Waals surface area (Å²) in [6.07, 6.45) is 1.17. The molecule has 3 rings (SSSR count). The van der Waals surface area contributed by atoms with Gasteiger partial charge in [-0.3, -0.25) is 24.6 Å². The SMILES string of the molecule is CC1CC(C)CN(C(=O)CN2CCN(C(=O)c3ccc([N+](=O)[O-])cc3)CC2)C1. The van der Waals surface area contributed by atoms with Crippen LogP contribution >= 0.6 is 0 Å². The average Bonchev–Trinajstić information content (AvgIpc) is 2.67. The number of carbonyl (C=O) groups is 2. The van der Waals surface area contributed by atoms with Gasteiger partial charge in [-0.05, 0) is 30.4 Å². The van der Waals surface area contributed by atoms with Crippen LogP contribution in [0.3, 0.4) is 0 Å². The second-order valence-corrected chi connectivity index (χ2v) is 8.12. The number of hydrogen-bond donors (Lipinski definition) is 0. The topological polar surface area (TPSA) is 87.0 Å². The highest BCUT2D eigenvalue weighted by Crippen LogP contribution is 2.21. The minimum absolute atomic E-state index is 0.0266. The summed E-state index contributed by atoms with van der Waals surface area (Å²) in [6, 6.07) is 5.69. The lowest BCUT2D eigenvalue weighted by Gasteiger charge is -2.38. The predicted molar refractivity (Wildman–Crippen MR) is 105 cm³/mol. The van der Waals surface area contributed by atoms with Crippen LogP contribution in [-0.4, -0.2) is 77.3 Å². The number of benzene rings is 1. The number of hydrogen-bond acceptors (Lipinski definition) is 5. The van der Waals surface area contributed by atoms with E-state index in [1.165, 1.54) is 30.7 Å². The van der Waals surface area contributed by atoms with Gasteiger partial charge in [0.25, 0.3) is 11.6 Å². The first-order valence-electron chi connectivity index (χ1n) is 9.87. The maximum absolute atomic E-state index is 12.6. The average molecular weight is 388 g/mol. The highest BCUT2D eigenvalue weighted by atomic mass is 16.6. The van der Waals surface area contributed by atoms with E-state index in [0.29, 0.717) is 50.1 Å². The third-order valence-corrected chi connectivity index (χ3v) is 5.57. The number of piperazine rings is 1. The Morgan fingerprint density at radius 3 is 2.11 bits per heavy atom. The summed E-state index contributed by atoms with van der Waals surface area (Å²) in [5.74, 6) is 1.14. The van der Waals surface area contributed by atoms with E-state index >= 15 is 0 Å². The molecule has 0 aromatic heterocycles. The van der Waals surface area contributed by atoms with Crippen LogP contribution in [0.25, 0.3) is 0 Å². The fraction of sp³-hybridized carbons (Fsp3) is 0.600. The van der Waals surface area contributed by atoms with Crippen LogP contribution in [0.4, 0.5) is 5.69 Å². The molecule has 0 saturated carbocycles. The fourth-order valence-electron chi connectivity index (χ4n) is 4.18. The van der Waals surface area contributed by atoms with Crippen LogP contribution < -0.4 is 0 Å². The molecule has 0 N–H and O–H groups in total. The summed E-state index contributed by atoms with van der Waals surface area (Å²) in [7, 11) is 0. The molecular formula is C20H28N4O4. The lowest BCUT2D eigenvalue weighted by molar-refractivity contribution is -0.384. The maximum atomic E-state index is 12.6. The molecule has 0 bridgehead atoms. The van der Waals surface area contributed by atoms with Crippen LogP contribution in [0.15, 0.2) is 24.3 Å². The molecule has 0 aliphatic carbocycles. The molecule has 152 valence electrons. The molecule has 2 saturated heterocycles. The van der Waals surface area contributed by atoms with Crippen LogP contribution in [0.1, 0.15) is 30.6 Å². The van der Waals surface area contributed by atoms with Crippen LogP contribution in [0.2, 0.25) is 0 Å². The minimum atomic E-state index is -0.478. The summed E-state index contributed by atoms with van der Waals surface area (Å²) in [4.78, 5) is 41.3. The van der Waals surface area contributed by atoms with Crippen molar-refractivity contribution in [3.8, 4) is 0 Å². The van der Waals surface area contributed by atoms with Crippen LogP contribution in [0.5, 0.6) is 0 Å². The number of non-ortho nitro benzene ring substituents is 1. The second kappa shape index (κ2) is 8.68. The summed E-state index contributed by atoms with van der Waals surface area (Å²) in [5, 5.41) is 10.7. The van der Waals surface area contributed by atoms with Gasteiger partial charge in [0, 0.05) is 57.0 Å². The maximum Gasteiger partial charge on any atom is 0.269 e. The van der Waals surface area contributed by atoms with Crippen molar-refractivity contribution in [3.63, 3.8) is 0 Å². The number of carbonyl (C=O) groups excluding carboxylic acids is 2. The van der Waals surface area contributed by atoms with Crippen molar-refractivity contribution in [2.75, 3.05) is 45.8 Å². The number of nitrogens with zero attached hydrogens (tertiary/aromatic N) is 4. The van der Waals surface area contributed by atoms with Crippen LogP contribution in [-0.2, 0) is 4.79 Å². The zero-order valence-electron chi connectivity index (χ0n) is 16.5. The Morgan fingerprint density at radius 2 is 1.57 bits per heavy atom. The monoisotopic (exact) mass is 388 g/mol. The first-order chi connectivity index (χ1) is 13.3. The molecule has 2 unspecified atom stereocenters. The lowest BCUT2D eigenvalue weighted by Crippen LogP contribution is -2.53. The van der Waals surface area contributed by atoms with Gasteiger partial charge in [-0.25, -0.2) is 0 Å². The molecule has 0 spiro atoms. The standard InChI is InChI=1S/C20H28N4O4/c1-15-11-16(2)13-23(12-15)19(25)14-21-7-9-22(10-8-21)20(26)17-3-5-18(6-4-17)24(27)28/h3-6,15-16H,7-14H2,1-2H3. The van der Waals surface area contributed by atoms with Gasteiger partial charge >= 0.3 is 0 Å². The molecule has 8 nitrogen and oxygen atoms in total. The van der Waals surface area contributed by atoms with Crippen molar-refractivity contribution in [2.45, 2.75) is 20.3 Å². The van der Waals surface area contributed by atoms with Crippen molar-refractivity contribution in [3.05, 3.63) is 39.9 Å². The Kier molecular flexibility index (Phi) is 6.28. The largest absolute Gasteiger partial charge is 0.341 e. The number of amides is 2. The Morgan fingerprint density at radius 1 is 1.00 bits per heavy atom. The normalized spacial score (nSPS) is 23.5. The number of rotatable bonds is 4. The number of piperidine rings is 1. The smallest absolute Gasteiger partial charge is 0.269 e. The quantitative estimate of drug-likeness (QED) is 0.580. The van der Waals surface area contributed by atoms with E-state index in [4.69, 9.17) is 0 Å².